The van der Waals surface area contributed by atoms with E-state index in [0.717, 1.165) is 32.1 Å². The predicted molar refractivity (Wildman–Crippen MR) is 252 cm³/mol. The largest absolute Gasteiger partial charge is 0.472 e. The van der Waals surface area contributed by atoms with E-state index >= 15 is 0 Å². The van der Waals surface area contributed by atoms with Crippen LogP contribution in [-0.4, -0.2) is 49.9 Å². The van der Waals surface area contributed by atoms with Crippen LogP contribution in [0.4, 0.5) is 0 Å². The molecule has 2 atom stereocenters. The van der Waals surface area contributed by atoms with Crippen molar-refractivity contribution in [2.45, 2.75) is 283 Å². The highest BCUT2D eigenvalue weighted by atomic mass is 31.2. The normalized spacial score (nSPS) is 13.2. The maximum atomic E-state index is 12.7. The van der Waals surface area contributed by atoms with Gasteiger partial charge in [0.15, 0.2) is 0 Å². The Labute approximate surface area is 367 Å². The quantitative estimate of drug-likeness (QED) is 0.0353. The Hall–Kier alpha value is -0.500. The lowest BCUT2D eigenvalue weighted by molar-refractivity contribution is -0.154. The molecule has 3 N–H and O–H groups in total. The molecule has 0 spiro atoms. The molecule has 0 rings (SSSR count). The molecule has 8 nitrogen and oxygen atoms in total. The van der Waals surface area contributed by atoms with E-state index in [2.05, 4.69) is 13.8 Å². The van der Waals surface area contributed by atoms with Gasteiger partial charge >= 0.3 is 13.8 Å². The molecule has 0 amide bonds. The van der Waals surface area contributed by atoms with Crippen molar-refractivity contribution in [2.24, 2.45) is 5.73 Å². The van der Waals surface area contributed by atoms with E-state index in [0.29, 0.717) is 13.0 Å². The van der Waals surface area contributed by atoms with Crippen LogP contribution in [0.25, 0.3) is 0 Å². The molecule has 59 heavy (non-hydrogen) atoms. The molecule has 0 aliphatic heterocycles. The zero-order chi connectivity index (χ0) is 43.0. The summed E-state index contributed by atoms with van der Waals surface area (Å²) in [5.41, 5.74) is 5.39. The van der Waals surface area contributed by atoms with Gasteiger partial charge < -0.3 is 20.1 Å². The first-order valence-corrected chi connectivity index (χ1v) is 27.5. The Morgan fingerprint density at radius 3 is 1.07 bits per heavy atom. The van der Waals surface area contributed by atoms with Crippen LogP contribution in [0.3, 0.4) is 0 Å². The number of hydrogen-bond donors (Lipinski definition) is 2. The molecular formula is C50H102NO7P. The van der Waals surface area contributed by atoms with Crippen molar-refractivity contribution in [1.82, 2.24) is 0 Å². The molecule has 0 aliphatic carbocycles. The standard InChI is InChI=1S/C50H102NO7P/c1-3-5-7-9-11-13-15-17-19-21-23-24-25-26-27-29-31-33-35-37-39-41-43-50(52)58-49(48-57-59(53,54)56-46-44-51)47-55-45-42-40-38-36-34-32-30-28-22-20-18-16-14-12-10-8-6-4-2/h49H,3-48,51H2,1-2H3,(H,53,54). The molecule has 0 saturated carbocycles. The van der Waals surface area contributed by atoms with Crippen LogP contribution in [0.5, 0.6) is 0 Å². The zero-order valence-electron chi connectivity index (χ0n) is 39.5. The van der Waals surface area contributed by atoms with E-state index in [9.17, 15) is 14.3 Å². The minimum absolute atomic E-state index is 0.0897. The molecule has 0 heterocycles. The predicted octanol–water partition coefficient (Wildman–Crippen LogP) is 16.0. The number of hydrogen-bond acceptors (Lipinski definition) is 7. The smallest absolute Gasteiger partial charge is 0.457 e. The third kappa shape index (κ3) is 48.4. The molecule has 9 heteroatoms. The van der Waals surface area contributed by atoms with Crippen molar-refractivity contribution in [3.05, 3.63) is 0 Å². The first-order chi connectivity index (χ1) is 28.9. The van der Waals surface area contributed by atoms with Crippen LogP contribution in [0.2, 0.25) is 0 Å². The van der Waals surface area contributed by atoms with Gasteiger partial charge in [0.2, 0.25) is 0 Å². The molecule has 0 aromatic heterocycles. The van der Waals surface area contributed by atoms with Gasteiger partial charge in [0.25, 0.3) is 0 Å². The van der Waals surface area contributed by atoms with Gasteiger partial charge in [0.1, 0.15) is 6.10 Å². The topological polar surface area (TPSA) is 117 Å². The van der Waals surface area contributed by atoms with Crippen molar-refractivity contribution in [3.63, 3.8) is 0 Å². The highest BCUT2D eigenvalue weighted by Crippen LogP contribution is 2.43. The number of rotatable bonds is 51. The second kappa shape index (κ2) is 48.5. The second-order valence-corrected chi connectivity index (χ2v) is 19.2. The lowest BCUT2D eigenvalue weighted by Crippen LogP contribution is -2.28. The first kappa shape index (κ1) is 58.5. The van der Waals surface area contributed by atoms with Gasteiger partial charge in [-0.1, -0.05) is 258 Å². The minimum atomic E-state index is -4.27. The summed E-state index contributed by atoms with van der Waals surface area (Å²) in [6.07, 6.45) is 52.8. The summed E-state index contributed by atoms with van der Waals surface area (Å²) in [7, 11) is -4.27. The second-order valence-electron chi connectivity index (χ2n) is 17.8. The van der Waals surface area contributed by atoms with Crippen molar-refractivity contribution < 1.29 is 32.8 Å². The zero-order valence-corrected chi connectivity index (χ0v) is 40.4. The Morgan fingerprint density at radius 2 is 0.746 bits per heavy atom. The number of phosphoric acid groups is 1. The molecule has 0 aliphatic rings. The van der Waals surface area contributed by atoms with Crippen molar-refractivity contribution >= 4 is 13.8 Å². The molecule has 0 aromatic carbocycles. The number of ether oxygens (including phenoxy) is 2. The van der Waals surface area contributed by atoms with Crippen LogP contribution >= 0.6 is 7.82 Å². The molecule has 2 unspecified atom stereocenters. The molecule has 0 saturated heterocycles. The van der Waals surface area contributed by atoms with Gasteiger partial charge in [-0.2, -0.15) is 0 Å². The Balaban J connectivity index is 3.87. The molecule has 354 valence electrons. The fourth-order valence-corrected chi connectivity index (χ4v) is 8.71. The van der Waals surface area contributed by atoms with E-state index < -0.39 is 13.9 Å². The average Bonchev–Trinajstić information content (AvgIpc) is 3.23. The van der Waals surface area contributed by atoms with Gasteiger partial charge in [-0.25, -0.2) is 4.57 Å². The van der Waals surface area contributed by atoms with E-state index in [-0.39, 0.29) is 32.3 Å². The van der Waals surface area contributed by atoms with Crippen LogP contribution in [-0.2, 0) is 27.9 Å². The summed E-state index contributed by atoms with van der Waals surface area (Å²) in [6.45, 7) is 5.01. The average molecular weight is 860 g/mol. The van der Waals surface area contributed by atoms with Gasteiger partial charge in [-0.3, -0.25) is 13.8 Å². The fourth-order valence-electron chi connectivity index (χ4n) is 7.94. The lowest BCUT2D eigenvalue weighted by Gasteiger charge is -2.20. The molecule has 0 bridgehead atoms. The van der Waals surface area contributed by atoms with E-state index in [4.69, 9.17) is 24.3 Å². The monoisotopic (exact) mass is 860 g/mol. The molecule has 0 aromatic rings. The first-order valence-electron chi connectivity index (χ1n) is 26.0. The van der Waals surface area contributed by atoms with Crippen LogP contribution in [0, 0.1) is 0 Å². The van der Waals surface area contributed by atoms with Crippen LogP contribution in [0.15, 0.2) is 0 Å². The number of carbonyl (C=O) groups is 1. The number of phosphoric ester groups is 1. The van der Waals surface area contributed by atoms with Crippen molar-refractivity contribution in [2.75, 3.05) is 33.0 Å². The third-order valence-corrected chi connectivity index (χ3v) is 12.8. The van der Waals surface area contributed by atoms with Crippen LogP contribution in [0.1, 0.15) is 277 Å². The molecular weight excluding hydrogens is 758 g/mol. The van der Waals surface area contributed by atoms with Gasteiger partial charge in [-0.15, -0.1) is 0 Å². The summed E-state index contributed by atoms with van der Waals surface area (Å²) < 4.78 is 33.6. The van der Waals surface area contributed by atoms with Crippen LogP contribution < -0.4 is 5.73 Å². The highest BCUT2D eigenvalue weighted by molar-refractivity contribution is 7.47. The van der Waals surface area contributed by atoms with Crippen molar-refractivity contribution in [1.29, 1.82) is 0 Å². The van der Waals surface area contributed by atoms with Gasteiger partial charge in [0.05, 0.1) is 19.8 Å². The van der Waals surface area contributed by atoms with Gasteiger partial charge in [-0.05, 0) is 12.8 Å². The number of esters is 1. The minimum Gasteiger partial charge on any atom is -0.457 e. The molecule has 0 fully saturated rings. The summed E-state index contributed by atoms with van der Waals surface area (Å²) in [6, 6.07) is 0. The summed E-state index contributed by atoms with van der Waals surface area (Å²) in [4.78, 5) is 22.6. The number of carbonyl (C=O) groups excluding carboxylic acids is 1. The van der Waals surface area contributed by atoms with E-state index in [1.807, 2.05) is 0 Å². The van der Waals surface area contributed by atoms with Gasteiger partial charge in [0, 0.05) is 19.6 Å². The van der Waals surface area contributed by atoms with Crippen molar-refractivity contribution in [3.8, 4) is 0 Å². The maximum absolute atomic E-state index is 12.7. The number of unbranched alkanes of at least 4 members (excludes halogenated alkanes) is 38. The maximum Gasteiger partial charge on any atom is 0.472 e. The summed E-state index contributed by atoms with van der Waals surface area (Å²) in [5, 5.41) is 0. The Bertz CT molecular complexity index is 878. The lowest BCUT2D eigenvalue weighted by atomic mass is 10.0. The summed E-state index contributed by atoms with van der Waals surface area (Å²) in [5.74, 6) is -0.320. The highest BCUT2D eigenvalue weighted by Gasteiger charge is 2.25. The van der Waals surface area contributed by atoms with E-state index in [1.54, 1.807) is 0 Å². The summed E-state index contributed by atoms with van der Waals surface area (Å²) >= 11 is 0. The Morgan fingerprint density at radius 1 is 0.441 bits per heavy atom. The van der Waals surface area contributed by atoms with E-state index in [1.165, 1.54) is 225 Å². The third-order valence-electron chi connectivity index (χ3n) is 11.8. The number of nitrogens with two attached hydrogens (primary N) is 1. The Kier molecular flexibility index (Phi) is 48.1. The molecule has 0 radical (unpaired) electrons. The fraction of sp³-hybridized carbons (Fsp3) is 0.980. The SMILES string of the molecule is CCCCCCCCCCCCCCCCCCCCCCCCC(=O)OC(COCCCCCCCCCCCCCCCCCCCC)COP(=O)(O)OCCN.